The van der Waals surface area contributed by atoms with Gasteiger partial charge in [-0.2, -0.15) is 0 Å². The standard InChI is InChI=1S/C17H27BrN2/c1-3-4-14-7-9-20(10-8-14)17-12-16(18)6-5-15(17)11-13(2)19/h5-6,12-14H,3-4,7-11,19H2,1-2H3. The summed E-state index contributed by atoms with van der Waals surface area (Å²) < 4.78 is 1.16. The maximum absolute atomic E-state index is 5.99. The lowest BCUT2D eigenvalue weighted by molar-refractivity contribution is 0.378. The molecule has 0 spiro atoms. The minimum atomic E-state index is 0.215. The Labute approximate surface area is 131 Å². The molecule has 0 bridgehead atoms. The third-order valence-electron chi connectivity index (χ3n) is 4.24. The van der Waals surface area contributed by atoms with Crippen LogP contribution in [0.15, 0.2) is 22.7 Å². The average Bonchev–Trinajstić information content (AvgIpc) is 2.42. The molecule has 2 N–H and O–H groups in total. The maximum Gasteiger partial charge on any atom is 0.0410 e. The third-order valence-corrected chi connectivity index (χ3v) is 4.73. The smallest absolute Gasteiger partial charge is 0.0410 e. The van der Waals surface area contributed by atoms with E-state index in [0.29, 0.717) is 0 Å². The molecule has 1 aromatic rings. The molecule has 1 unspecified atom stereocenters. The number of nitrogens with two attached hydrogens (primary N) is 1. The number of nitrogens with zero attached hydrogens (tertiary/aromatic N) is 1. The van der Waals surface area contributed by atoms with E-state index in [1.807, 2.05) is 0 Å². The van der Waals surface area contributed by atoms with E-state index in [2.05, 4.69) is 52.9 Å². The van der Waals surface area contributed by atoms with Crippen LogP contribution in [0.1, 0.15) is 45.1 Å². The van der Waals surface area contributed by atoms with Crippen LogP contribution in [0.4, 0.5) is 5.69 Å². The number of hydrogen-bond acceptors (Lipinski definition) is 2. The maximum atomic E-state index is 5.99. The Bertz CT molecular complexity index is 423. The SMILES string of the molecule is CCCC1CCN(c2cc(Br)ccc2CC(C)N)CC1. The predicted molar refractivity (Wildman–Crippen MR) is 91.3 cm³/mol. The Kier molecular flexibility index (Phi) is 5.91. The lowest BCUT2D eigenvalue weighted by atomic mass is 9.91. The van der Waals surface area contributed by atoms with E-state index < -0.39 is 0 Å². The zero-order valence-corrected chi connectivity index (χ0v) is 14.3. The van der Waals surface area contributed by atoms with Crippen molar-refractivity contribution in [1.82, 2.24) is 0 Å². The van der Waals surface area contributed by atoms with Gasteiger partial charge in [-0.05, 0) is 49.8 Å². The number of hydrogen-bond donors (Lipinski definition) is 1. The minimum absolute atomic E-state index is 0.215. The fraction of sp³-hybridized carbons (Fsp3) is 0.647. The molecule has 1 fully saturated rings. The number of rotatable bonds is 5. The molecule has 0 aliphatic carbocycles. The molecular weight excluding hydrogens is 312 g/mol. The van der Waals surface area contributed by atoms with Crippen LogP contribution in [0.5, 0.6) is 0 Å². The van der Waals surface area contributed by atoms with Crippen LogP contribution in [-0.2, 0) is 6.42 Å². The average molecular weight is 339 g/mol. The van der Waals surface area contributed by atoms with Gasteiger partial charge in [-0.1, -0.05) is 41.8 Å². The summed E-state index contributed by atoms with van der Waals surface area (Å²) in [5.74, 6) is 0.931. The normalized spacial score (nSPS) is 18.3. The van der Waals surface area contributed by atoms with Gasteiger partial charge in [0.15, 0.2) is 0 Å². The van der Waals surface area contributed by atoms with Gasteiger partial charge >= 0.3 is 0 Å². The van der Waals surface area contributed by atoms with Crippen LogP contribution in [-0.4, -0.2) is 19.1 Å². The molecule has 1 aliphatic rings. The molecule has 1 heterocycles. The summed E-state index contributed by atoms with van der Waals surface area (Å²) >= 11 is 3.61. The van der Waals surface area contributed by atoms with Crippen LogP contribution in [0.2, 0.25) is 0 Å². The Morgan fingerprint density at radius 1 is 1.35 bits per heavy atom. The fourth-order valence-corrected chi connectivity index (χ4v) is 3.57. The van der Waals surface area contributed by atoms with Gasteiger partial charge in [0.25, 0.3) is 0 Å². The second-order valence-electron chi connectivity index (χ2n) is 6.17. The van der Waals surface area contributed by atoms with Crippen molar-refractivity contribution in [2.75, 3.05) is 18.0 Å². The highest BCUT2D eigenvalue weighted by Crippen LogP contribution is 2.31. The van der Waals surface area contributed by atoms with Gasteiger partial charge in [0.2, 0.25) is 0 Å². The second-order valence-corrected chi connectivity index (χ2v) is 7.09. The largest absolute Gasteiger partial charge is 0.371 e. The van der Waals surface area contributed by atoms with Crippen LogP contribution in [0.3, 0.4) is 0 Å². The van der Waals surface area contributed by atoms with Gasteiger partial charge in [-0.15, -0.1) is 0 Å². The molecule has 3 heteroatoms. The van der Waals surface area contributed by atoms with E-state index in [1.54, 1.807) is 0 Å². The first-order valence-corrected chi connectivity index (χ1v) is 8.68. The molecule has 1 atom stereocenters. The van der Waals surface area contributed by atoms with E-state index in [-0.39, 0.29) is 6.04 Å². The number of piperidine rings is 1. The molecule has 2 nitrogen and oxygen atoms in total. The summed E-state index contributed by atoms with van der Waals surface area (Å²) in [6.45, 7) is 6.75. The summed E-state index contributed by atoms with van der Waals surface area (Å²) in [5, 5.41) is 0. The van der Waals surface area contributed by atoms with E-state index in [1.165, 1.54) is 50.0 Å². The number of benzene rings is 1. The summed E-state index contributed by atoms with van der Waals surface area (Å²) in [6.07, 6.45) is 6.32. The highest BCUT2D eigenvalue weighted by atomic mass is 79.9. The lowest BCUT2D eigenvalue weighted by Crippen LogP contribution is -2.34. The van der Waals surface area contributed by atoms with E-state index in [9.17, 15) is 0 Å². The molecular formula is C17H27BrN2. The van der Waals surface area contributed by atoms with Crippen LogP contribution in [0, 0.1) is 5.92 Å². The summed E-state index contributed by atoms with van der Waals surface area (Å²) in [7, 11) is 0. The van der Waals surface area contributed by atoms with Crippen molar-refractivity contribution >= 4 is 21.6 Å². The molecule has 1 aromatic carbocycles. The minimum Gasteiger partial charge on any atom is -0.371 e. The van der Waals surface area contributed by atoms with E-state index >= 15 is 0 Å². The Hall–Kier alpha value is -0.540. The zero-order valence-electron chi connectivity index (χ0n) is 12.7. The highest BCUT2D eigenvalue weighted by Gasteiger charge is 2.20. The third kappa shape index (κ3) is 4.23. The first-order valence-electron chi connectivity index (χ1n) is 7.89. The molecule has 112 valence electrons. The van der Waals surface area contributed by atoms with Gasteiger partial charge in [0.1, 0.15) is 0 Å². The quantitative estimate of drug-likeness (QED) is 0.864. The number of anilines is 1. The van der Waals surface area contributed by atoms with Gasteiger partial charge in [0, 0.05) is 29.3 Å². The Balaban J connectivity index is 2.10. The first-order chi connectivity index (χ1) is 9.60. The summed E-state index contributed by atoms with van der Waals surface area (Å²) in [4.78, 5) is 2.55. The van der Waals surface area contributed by atoms with Crippen molar-refractivity contribution in [2.45, 2.75) is 52.0 Å². The van der Waals surface area contributed by atoms with Crippen LogP contribution >= 0.6 is 15.9 Å². The molecule has 0 amide bonds. The van der Waals surface area contributed by atoms with Crippen LogP contribution < -0.4 is 10.6 Å². The fourth-order valence-electron chi connectivity index (χ4n) is 3.22. The van der Waals surface area contributed by atoms with Gasteiger partial charge in [0.05, 0.1) is 0 Å². The zero-order chi connectivity index (χ0) is 14.5. The second kappa shape index (κ2) is 7.46. The van der Waals surface area contributed by atoms with Gasteiger partial charge in [-0.25, -0.2) is 0 Å². The van der Waals surface area contributed by atoms with Crippen molar-refractivity contribution in [1.29, 1.82) is 0 Å². The topological polar surface area (TPSA) is 29.3 Å². The van der Waals surface area contributed by atoms with E-state index in [0.717, 1.165) is 16.8 Å². The van der Waals surface area contributed by atoms with Crippen molar-refractivity contribution in [3.05, 3.63) is 28.2 Å². The summed E-state index contributed by atoms with van der Waals surface area (Å²) in [5.41, 5.74) is 8.76. The molecule has 20 heavy (non-hydrogen) atoms. The van der Waals surface area contributed by atoms with Gasteiger partial charge in [-0.3, -0.25) is 0 Å². The summed E-state index contributed by atoms with van der Waals surface area (Å²) in [6, 6.07) is 6.83. The van der Waals surface area contributed by atoms with Crippen molar-refractivity contribution in [2.24, 2.45) is 11.7 Å². The molecule has 0 radical (unpaired) electrons. The monoisotopic (exact) mass is 338 g/mol. The van der Waals surface area contributed by atoms with E-state index in [4.69, 9.17) is 5.73 Å². The first kappa shape index (κ1) is 15.8. The number of halogens is 1. The van der Waals surface area contributed by atoms with Crippen molar-refractivity contribution < 1.29 is 0 Å². The molecule has 0 aromatic heterocycles. The Morgan fingerprint density at radius 2 is 2.05 bits per heavy atom. The molecule has 2 rings (SSSR count). The lowest BCUT2D eigenvalue weighted by Gasteiger charge is -2.35. The molecule has 1 saturated heterocycles. The predicted octanol–water partition coefficient (Wildman–Crippen LogP) is 4.36. The van der Waals surface area contributed by atoms with Crippen molar-refractivity contribution in [3.8, 4) is 0 Å². The molecule has 1 aliphatic heterocycles. The van der Waals surface area contributed by atoms with Crippen molar-refractivity contribution in [3.63, 3.8) is 0 Å². The van der Waals surface area contributed by atoms with Gasteiger partial charge < -0.3 is 10.6 Å². The molecule has 0 saturated carbocycles. The highest BCUT2D eigenvalue weighted by molar-refractivity contribution is 9.10. The Morgan fingerprint density at radius 3 is 2.65 bits per heavy atom. The van der Waals surface area contributed by atoms with Crippen LogP contribution in [0.25, 0.3) is 0 Å².